The Balaban J connectivity index is 1.85. The Morgan fingerprint density at radius 1 is 1.39 bits per heavy atom. The minimum atomic E-state index is -1.39. The summed E-state index contributed by atoms with van der Waals surface area (Å²) in [5.74, 6) is -1.52. The summed E-state index contributed by atoms with van der Waals surface area (Å²) >= 11 is 6.08. The van der Waals surface area contributed by atoms with Crippen LogP contribution in [0.1, 0.15) is 64.4 Å². The summed E-state index contributed by atoms with van der Waals surface area (Å²) in [7, 11) is 1.39. The lowest BCUT2D eigenvalue weighted by Gasteiger charge is -2.36. The number of aromatic amines is 1. The van der Waals surface area contributed by atoms with Gasteiger partial charge in [0.25, 0.3) is 5.91 Å². The van der Waals surface area contributed by atoms with Gasteiger partial charge < -0.3 is 25.1 Å². The van der Waals surface area contributed by atoms with Gasteiger partial charge in [0.2, 0.25) is 5.91 Å². The fourth-order valence-corrected chi connectivity index (χ4v) is 5.46. The number of halogens is 2. The Kier molecular flexibility index (Phi) is 8.44. The number of H-pyrrole nitrogens is 1. The molecule has 1 aliphatic heterocycles. The minimum Gasteiger partial charge on any atom is -0.494 e. The van der Waals surface area contributed by atoms with Crippen LogP contribution in [0.25, 0.3) is 10.9 Å². The summed E-state index contributed by atoms with van der Waals surface area (Å²) in [6.45, 7) is 9.59. The Hall–Kier alpha value is -3.16. The molecule has 0 spiro atoms. The third kappa shape index (κ3) is 6.63. The van der Waals surface area contributed by atoms with Crippen molar-refractivity contribution in [2.24, 2.45) is 11.3 Å². The van der Waals surface area contributed by atoms with E-state index in [9.17, 15) is 24.0 Å². The molecule has 3 rings (SSSR count). The van der Waals surface area contributed by atoms with Crippen LogP contribution >= 0.6 is 11.6 Å². The number of ether oxygens (including phenoxy) is 1. The highest BCUT2D eigenvalue weighted by atomic mass is 35.5. The van der Waals surface area contributed by atoms with Gasteiger partial charge in [-0.2, -0.15) is 5.26 Å². The lowest BCUT2D eigenvalue weighted by Crippen LogP contribution is -2.59. The highest BCUT2D eigenvalue weighted by Gasteiger charge is 2.40. The van der Waals surface area contributed by atoms with E-state index in [0.29, 0.717) is 12.7 Å². The first-order chi connectivity index (χ1) is 17.6. The first-order valence-corrected chi connectivity index (χ1v) is 12.8. The molecule has 206 valence electrons. The van der Waals surface area contributed by atoms with Crippen LogP contribution in [0, 0.1) is 28.5 Å². The highest BCUT2D eigenvalue weighted by molar-refractivity contribution is 6.33. The number of carbonyl (C=O) groups excluding carboxylic acids is 3. The summed E-state index contributed by atoms with van der Waals surface area (Å²) < 4.78 is 19.8. The summed E-state index contributed by atoms with van der Waals surface area (Å²) in [5, 5.41) is 18.9. The number of benzene rings is 1. The number of hydrogen-bond donors (Lipinski definition) is 4. The first-order valence-electron chi connectivity index (χ1n) is 12.4. The second-order valence-electron chi connectivity index (χ2n) is 11.9. The molecular weight excluding hydrogens is 513 g/mol. The maximum atomic E-state index is 14.5. The van der Waals surface area contributed by atoms with Gasteiger partial charge in [0, 0.05) is 23.4 Å². The zero-order valence-corrected chi connectivity index (χ0v) is 23.3. The van der Waals surface area contributed by atoms with Crippen molar-refractivity contribution in [1.82, 2.24) is 20.9 Å². The first kappa shape index (κ1) is 29.4. The molecule has 2 heterocycles. The quantitative estimate of drug-likeness (QED) is 0.333. The van der Waals surface area contributed by atoms with E-state index < -0.39 is 23.3 Å². The largest absolute Gasteiger partial charge is 0.494 e. The van der Waals surface area contributed by atoms with E-state index in [2.05, 4.69) is 27.0 Å². The van der Waals surface area contributed by atoms with Crippen LogP contribution in [-0.2, 0) is 9.59 Å². The van der Waals surface area contributed by atoms with Gasteiger partial charge in [-0.05, 0) is 50.7 Å². The van der Waals surface area contributed by atoms with Crippen molar-refractivity contribution in [3.05, 3.63) is 28.7 Å². The number of aromatic nitrogens is 1. The highest BCUT2D eigenvalue weighted by Crippen LogP contribution is 2.36. The lowest BCUT2D eigenvalue weighted by molar-refractivity contribution is -0.123. The lowest BCUT2D eigenvalue weighted by atomic mass is 9.80. The number of hydrogen-bond acceptors (Lipinski definition) is 6. The van der Waals surface area contributed by atoms with Crippen molar-refractivity contribution in [2.75, 3.05) is 13.7 Å². The van der Waals surface area contributed by atoms with Crippen molar-refractivity contribution in [3.63, 3.8) is 0 Å². The summed E-state index contributed by atoms with van der Waals surface area (Å²) in [6, 6.07) is 3.96. The molecule has 1 saturated heterocycles. The van der Waals surface area contributed by atoms with Gasteiger partial charge in [-0.3, -0.25) is 14.9 Å². The molecular formula is C27H35ClFN5O4. The topological polar surface area (TPSA) is 136 Å². The molecule has 11 heteroatoms. The number of fused-ring (bicyclic) bond motifs is 1. The van der Waals surface area contributed by atoms with Gasteiger partial charge in [0.15, 0.2) is 0 Å². The summed E-state index contributed by atoms with van der Waals surface area (Å²) in [5.41, 5.74) is -2.05. The number of nitrogens with one attached hydrogen (secondary N) is 4. The number of nitriles is 1. The van der Waals surface area contributed by atoms with Gasteiger partial charge in [0.05, 0.1) is 29.8 Å². The van der Waals surface area contributed by atoms with Crippen LogP contribution < -0.4 is 20.7 Å². The molecule has 2 amide bonds. The number of rotatable bonds is 10. The zero-order valence-electron chi connectivity index (χ0n) is 22.6. The molecule has 1 fully saturated rings. The Morgan fingerprint density at radius 3 is 2.61 bits per heavy atom. The molecule has 1 aromatic heterocycles. The average Bonchev–Trinajstić information content (AvgIpc) is 3.36. The summed E-state index contributed by atoms with van der Waals surface area (Å²) in [6.07, 6.45) is 1.77. The second kappa shape index (κ2) is 10.9. The van der Waals surface area contributed by atoms with Crippen LogP contribution in [0.15, 0.2) is 12.1 Å². The maximum Gasteiger partial charge on any atom is 0.268 e. The van der Waals surface area contributed by atoms with Crippen LogP contribution in [0.5, 0.6) is 5.75 Å². The Labute approximate surface area is 226 Å². The third-order valence-electron chi connectivity index (χ3n) is 6.58. The van der Waals surface area contributed by atoms with E-state index in [-0.39, 0.29) is 69.5 Å². The minimum absolute atomic E-state index is 0.0151. The van der Waals surface area contributed by atoms with E-state index in [1.165, 1.54) is 13.2 Å². The van der Waals surface area contributed by atoms with Crippen molar-refractivity contribution in [1.29, 1.82) is 5.26 Å². The Bertz CT molecular complexity index is 1280. The summed E-state index contributed by atoms with van der Waals surface area (Å²) in [4.78, 5) is 40.9. The van der Waals surface area contributed by atoms with E-state index >= 15 is 0 Å². The average molecular weight is 548 g/mol. The van der Waals surface area contributed by atoms with E-state index in [1.54, 1.807) is 0 Å². The fourth-order valence-electron chi connectivity index (χ4n) is 5.19. The predicted octanol–water partition coefficient (Wildman–Crippen LogP) is 3.86. The SMILES string of the molecule is COc1c(Cl)cc(F)c2[nH]c(C(=O)N[C@@](C=O)(CN[C@H](C#N)C[C@@H]3CC(C)(C)NC3=O)CC(C)(C)C)cc12. The molecule has 1 aromatic carbocycles. The molecule has 1 aliphatic rings. The van der Waals surface area contributed by atoms with Gasteiger partial charge in [-0.25, -0.2) is 4.39 Å². The van der Waals surface area contributed by atoms with Crippen molar-refractivity contribution in [2.45, 2.75) is 71.0 Å². The van der Waals surface area contributed by atoms with Crippen LogP contribution in [-0.4, -0.2) is 53.9 Å². The van der Waals surface area contributed by atoms with Crippen LogP contribution in [0.4, 0.5) is 4.39 Å². The number of methoxy groups -OCH3 is 1. The molecule has 38 heavy (non-hydrogen) atoms. The maximum absolute atomic E-state index is 14.5. The Morgan fingerprint density at radius 2 is 2.08 bits per heavy atom. The van der Waals surface area contributed by atoms with E-state index in [0.717, 1.165) is 6.07 Å². The molecule has 0 saturated carbocycles. The van der Waals surface area contributed by atoms with E-state index in [4.69, 9.17) is 16.3 Å². The monoisotopic (exact) mass is 547 g/mol. The molecule has 0 unspecified atom stereocenters. The van der Waals surface area contributed by atoms with Gasteiger partial charge in [-0.15, -0.1) is 0 Å². The zero-order chi connectivity index (χ0) is 28.5. The van der Waals surface area contributed by atoms with Crippen LogP contribution in [0.2, 0.25) is 5.02 Å². The fraction of sp³-hybridized carbons (Fsp3) is 0.556. The number of amides is 2. The molecule has 0 aliphatic carbocycles. The molecule has 2 aromatic rings. The van der Waals surface area contributed by atoms with Crippen molar-refractivity contribution >= 4 is 40.6 Å². The van der Waals surface area contributed by atoms with Crippen molar-refractivity contribution in [3.8, 4) is 11.8 Å². The van der Waals surface area contributed by atoms with Crippen molar-refractivity contribution < 1.29 is 23.5 Å². The van der Waals surface area contributed by atoms with Crippen LogP contribution in [0.3, 0.4) is 0 Å². The third-order valence-corrected chi connectivity index (χ3v) is 6.86. The van der Waals surface area contributed by atoms with Gasteiger partial charge in [0.1, 0.15) is 29.1 Å². The number of carbonyl (C=O) groups is 3. The van der Waals surface area contributed by atoms with Gasteiger partial charge in [-0.1, -0.05) is 32.4 Å². The molecule has 0 bridgehead atoms. The smallest absolute Gasteiger partial charge is 0.268 e. The second-order valence-corrected chi connectivity index (χ2v) is 12.3. The molecule has 4 N–H and O–H groups in total. The van der Waals surface area contributed by atoms with E-state index in [1.807, 2.05) is 34.6 Å². The number of nitrogens with zero attached hydrogens (tertiary/aromatic N) is 1. The standard InChI is InChI=1S/C27H35ClFN5O4/c1-25(2,3)12-27(14-35,13-31-16(11-30)7-15-10-26(4,5)33-23(15)36)34-24(37)20-8-17-21(32-20)19(29)9-18(28)22(17)38-6/h8-9,14-16,31-32H,7,10,12-13H2,1-6H3,(H,33,36)(H,34,37)/t15-,16+,27-/m1/s1. The normalized spacial score (nSPS) is 19.3. The predicted molar refractivity (Wildman–Crippen MR) is 143 cm³/mol. The van der Waals surface area contributed by atoms with Gasteiger partial charge >= 0.3 is 0 Å². The molecule has 0 radical (unpaired) electrons. The number of aldehydes is 1. The molecule has 9 nitrogen and oxygen atoms in total. The molecule has 3 atom stereocenters.